The van der Waals surface area contributed by atoms with Gasteiger partial charge in [0.1, 0.15) is 0 Å². The predicted molar refractivity (Wildman–Crippen MR) is 125 cm³/mol. The van der Waals surface area contributed by atoms with Crippen LogP contribution in [0.3, 0.4) is 0 Å². The molecule has 1 aliphatic heterocycles. The number of pyridine rings is 1. The minimum Gasteiger partial charge on any atom is -0.370 e. The molecule has 154 valence electrons. The minimum absolute atomic E-state index is 0. The average Bonchev–Trinajstić information content (AvgIpc) is 3.23. The van der Waals surface area contributed by atoms with E-state index in [1.807, 2.05) is 6.07 Å². The molecule has 3 heterocycles. The van der Waals surface area contributed by atoms with Crippen LogP contribution >= 0.6 is 23.7 Å². The summed E-state index contributed by atoms with van der Waals surface area (Å²) in [5, 5.41) is 5.21. The Hall–Kier alpha value is -2.11. The Bertz CT molecular complexity index is 936. The second kappa shape index (κ2) is 10.1. The van der Waals surface area contributed by atoms with Gasteiger partial charge in [-0.1, -0.05) is 43.7 Å². The molecular weight excluding hydrogens is 402 g/mol. The molecule has 0 unspecified atom stereocenters. The van der Waals surface area contributed by atoms with Crippen LogP contribution in [-0.4, -0.2) is 30.5 Å². The van der Waals surface area contributed by atoms with E-state index in [0.29, 0.717) is 0 Å². The summed E-state index contributed by atoms with van der Waals surface area (Å²) in [6.07, 6.45) is 3.99. The van der Waals surface area contributed by atoms with Gasteiger partial charge in [-0.2, -0.15) is 0 Å². The van der Waals surface area contributed by atoms with Gasteiger partial charge < -0.3 is 10.2 Å². The van der Waals surface area contributed by atoms with Crippen LogP contribution in [0, 0.1) is 5.92 Å². The van der Waals surface area contributed by atoms with Crippen molar-refractivity contribution in [2.24, 2.45) is 5.92 Å². The first kappa shape index (κ1) is 21.6. The predicted octanol–water partition coefficient (Wildman–Crippen LogP) is 5.52. The largest absolute Gasteiger partial charge is 0.370 e. The fourth-order valence-electron chi connectivity index (χ4n) is 3.85. The molecule has 3 aromatic rings. The van der Waals surface area contributed by atoms with Crippen molar-refractivity contribution in [2.75, 3.05) is 24.5 Å². The van der Waals surface area contributed by atoms with E-state index in [0.717, 1.165) is 62.1 Å². The van der Waals surface area contributed by atoms with Gasteiger partial charge in [0.25, 0.3) is 0 Å². The number of piperidine rings is 1. The molecule has 0 bridgehead atoms. The van der Waals surface area contributed by atoms with Crippen LogP contribution in [0.5, 0.6) is 0 Å². The second-order valence-corrected chi connectivity index (χ2v) is 8.35. The summed E-state index contributed by atoms with van der Waals surface area (Å²) in [4.78, 5) is 19.7. The zero-order chi connectivity index (χ0) is 19.3. The summed E-state index contributed by atoms with van der Waals surface area (Å²) in [5.41, 5.74) is 4.47. The number of amides is 1. The van der Waals surface area contributed by atoms with Gasteiger partial charge in [-0.15, -0.1) is 23.7 Å². The number of halogens is 1. The van der Waals surface area contributed by atoms with Crippen molar-refractivity contribution in [1.82, 2.24) is 10.3 Å². The maximum Gasteiger partial charge on any atom is 0.223 e. The average molecular weight is 430 g/mol. The Morgan fingerprint density at radius 2 is 1.97 bits per heavy atom. The third-order valence-electron chi connectivity index (χ3n) is 5.50. The number of rotatable bonds is 6. The summed E-state index contributed by atoms with van der Waals surface area (Å²) >= 11 is 1.75. The van der Waals surface area contributed by atoms with E-state index in [-0.39, 0.29) is 24.2 Å². The molecule has 0 radical (unpaired) electrons. The third-order valence-corrected chi connectivity index (χ3v) is 6.42. The zero-order valence-corrected chi connectivity index (χ0v) is 18.4. The standard InChI is InChI=1S/C23H27N3OS.ClH/c1-2-3-12-24-23(27)18-9-13-26(14-10-18)21-16-20(17-7-5-4-6-8-17)25-19-11-15-28-22(19)21;/h4-8,11,15-16,18H,2-3,9-10,12-14H2,1H3,(H,24,27);1H. The Balaban J connectivity index is 0.00000240. The topological polar surface area (TPSA) is 45.2 Å². The second-order valence-electron chi connectivity index (χ2n) is 7.43. The van der Waals surface area contributed by atoms with Gasteiger partial charge in [-0.05, 0) is 36.8 Å². The SMILES string of the molecule is CCCCNC(=O)C1CCN(c2cc(-c3ccccc3)nc3ccsc23)CC1.Cl. The van der Waals surface area contributed by atoms with Gasteiger partial charge in [0.15, 0.2) is 0 Å². The molecule has 0 saturated carbocycles. The zero-order valence-electron chi connectivity index (χ0n) is 16.8. The van der Waals surface area contributed by atoms with Crippen molar-refractivity contribution < 1.29 is 4.79 Å². The Kier molecular flexibility index (Phi) is 7.51. The molecule has 6 heteroatoms. The number of anilines is 1. The van der Waals surface area contributed by atoms with E-state index in [9.17, 15) is 4.79 Å². The van der Waals surface area contributed by atoms with Gasteiger partial charge in [0.05, 0.1) is 21.6 Å². The van der Waals surface area contributed by atoms with Crippen LogP contribution < -0.4 is 10.2 Å². The number of aromatic nitrogens is 1. The first-order valence-corrected chi connectivity index (χ1v) is 11.1. The highest BCUT2D eigenvalue weighted by atomic mass is 35.5. The summed E-state index contributed by atoms with van der Waals surface area (Å²) in [6, 6.07) is 14.7. The van der Waals surface area contributed by atoms with Crippen molar-refractivity contribution in [1.29, 1.82) is 0 Å². The van der Waals surface area contributed by atoms with Gasteiger partial charge in [0, 0.05) is 31.1 Å². The van der Waals surface area contributed by atoms with E-state index < -0.39 is 0 Å². The lowest BCUT2D eigenvalue weighted by atomic mass is 9.95. The van der Waals surface area contributed by atoms with E-state index >= 15 is 0 Å². The molecule has 0 atom stereocenters. The Morgan fingerprint density at radius 3 is 2.69 bits per heavy atom. The molecule has 1 saturated heterocycles. The van der Waals surface area contributed by atoms with Gasteiger partial charge >= 0.3 is 0 Å². The van der Waals surface area contributed by atoms with E-state index in [1.165, 1.54) is 10.4 Å². The van der Waals surface area contributed by atoms with E-state index in [4.69, 9.17) is 4.98 Å². The summed E-state index contributed by atoms with van der Waals surface area (Å²) < 4.78 is 1.24. The maximum absolute atomic E-state index is 12.4. The third kappa shape index (κ3) is 4.90. The number of hydrogen-bond acceptors (Lipinski definition) is 4. The van der Waals surface area contributed by atoms with Crippen molar-refractivity contribution >= 4 is 45.6 Å². The van der Waals surface area contributed by atoms with Crippen molar-refractivity contribution in [3.05, 3.63) is 47.8 Å². The van der Waals surface area contributed by atoms with Crippen LogP contribution in [0.4, 0.5) is 5.69 Å². The number of carbonyl (C=O) groups excluding carboxylic acids is 1. The lowest BCUT2D eigenvalue weighted by Gasteiger charge is -2.33. The summed E-state index contributed by atoms with van der Waals surface area (Å²) in [6.45, 7) is 4.78. The molecule has 0 spiro atoms. The van der Waals surface area contributed by atoms with E-state index in [2.05, 4.69) is 58.9 Å². The highest BCUT2D eigenvalue weighted by molar-refractivity contribution is 7.17. The van der Waals surface area contributed by atoms with Crippen LogP contribution in [0.15, 0.2) is 47.8 Å². The molecule has 1 aromatic carbocycles. The van der Waals surface area contributed by atoms with Crippen LogP contribution in [0.25, 0.3) is 21.5 Å². The molecule has 1 N–H and O–H groups in total. The first-order valence-electron chi connectivity index (χ1n) is 10.2. The number of unbranched alkanes of at least 4 members (excludes halogenated alkanes) is 1. The quantitative estimate of drug-likeness (QED) is 0.525. The lowest BCUT2D eigenvalue weighted by Crippen LogP contribution is -2.40. The highest BCUT2D eigenvalue weighted by Gasteiger charge is 2.26. The minimum atomic E-state index is 0. The fraction of sp³-hybridized carbons (Fsp3) is 0.391. The summed E-state index contributed by atoms with van der Waals surface area (Å²) in [5.74, 6) is 0.372. The van der Waals surface area contributed by atoms with Crippen molar-refractivity contribution in [3.8, 4) is 11.3 Å². The monoisotopic (exact) mass is 429 g/mol. The number of nitrogens with one attached hydrogen (secondary N) is 1. The molecule has 2 aromatic heterocycles. The molecular formula is C23H28ClN3OS. The molecule has 1 aliphatic rings. The molecule has 29 heavy (non-hydrogen) atoms. The number of nitrogens with zero attached hydrogens (tertiary/aromatic N) is 2. The fourth-order valence-corrected chi connectivity index (χ4v) is 4.72. The van der Waals surface area contributed by atoms with E-state index in [1.54, 1.807) is 11.3 Å². The number of thiophene rings is 1. The maximum atomic E-state index is 12.4. The normalized spacial score (nSPS) is 14.6. The Morgan fingerprint density at radius 1 is 1.21 bits per heavy atom. The number of benzene rings is 1. The van der Waals surface area contributed by atoms with Crippen LogP contribution in [-0.2, 0) is 4.79 Å². The molecule has 4 rings (SSSR count). The lowest BCUT2D eigenvalue weighted by molar-refractivity contribution is -0.125. The number of hydrogen-bond donors (Lipinski definition) is 1. The molecule has 0 aliphatic carbocycles. The number of carbonyl (C=O) groups is 1. The first-order chi connectivity index (χ1) is 13.8. The van der Waals surface area contributed by atoms with Crippen molar-refractivity contribution in [2.45, 2.75) is 32.6 Å². The van der Waals surface area contributed by atoms with Gasteiger partial charge in [0.2, 0.25) is 5.91 Å². The van der Waals surface area contributed by atoms with Gasteiger partial charge in [-0.3, -0.25) is 4.79 Å². The Labute approximate surface area is 182 Å². The van der Waals surface area contributed by atoms with Crippen LogP contribution in [0.2, 0.25) is 0 Å². The summed E-state index contributed by atoms with van der Waals surface area (Å²) in [7, 11) is 0. The molecule has 4 nitrogen and oxygen atoms in total. The molecule has 1 amide bonds. The van der Waals surface area contributed by atoms with Crippen molar-refractivity contribution in [3.63, 3.8) is 0 Å². The van der Waals surface area contributed by atoms with Gasteiger partial charge in [-0.25, -0.2) is 4.98 Å². The molecule has 1 fully saturated rings. The number of fused-ring (bicyclic) bond motifs is 1. The van der Waals surface area contributed by atoms with Crippen LogP contribution in [0.1, 0.15) is 32.6 Å². The highest BCUT2D eigenvalue weighted by Crippen LogP contribution is 2.36. The smallest absolute Gasteiger partial charge is 0.223 e.